The Bertz CT molecular complexity index is 1170. The van der Waals surface area contributed by atoms with Crippen LogP contribution in [0.25, 0.3) is 0 Å². The number of urea groups is 1. The predicted octanol–water partition coefficient (Wildman–Crippen LogP) is 10.2. The summed E-state index contributed by atoms with van der Waals surface area (Å²) in [6.45, 7) is 9.57. The fourth-order valence-corrected chi connectivity index (χ4v) is 6.30. The fourth-order valence-electron chi connectivity index (χ4n) is 6.07. The molecule has 0 atom stereocenters. The highest BCUT2D eigenvalue weighted by atomic mass is 35.5. The van der Waals surface area contributed by atoms with Gasteiger partial charge in [-0.05, 0) is 91.0 Å². The van der Waals surface area contributed by atoms with E-state index < -0.39 is 0 Å². The van der Waals surface area contributed by atoms with Crippen LogP contribution < -0.4 is 5.32 Å². The summed E-state index contributed by atoms with van der Waals surface area (Å²) in [6, 6.07) is 25.7. The van der Waals surface area contributed by atoms with E-state index in [4.69, 9.17) is 11.6 Å². The van der Waals surface area contributed by atoms with Crippen LogP contribution in [0, 0.1) is 0 Å². The summed E-state index contributed by atoms with van der Waals surface area (Å²) in [5.41, 5.74) is 6.04. The molecule has 3 aromatic carbocycles. The zero-order valence-corrected chi connectivity index (χ0v) is 24.9. The molecular weight excluding hydrogens is 500 g/mol. The van der Waals surface area contributed by atoms with Crippen molar-refractivity contribution >= 4 is 23.3 Å². The minimum Gasteiger partial charge on any atom is -0.322 e. The first-order valence-electron chi connectivity index (χ1n) is 14.8. The van der Waals surface area contributed by atoms with Crippen LogP contribution in [0.5, 0.6) is 0 Å². The Kier molecular flexibility index (Phi) is 10.5. The minimum atomic E-state index is 0.0471. The topological polar surface area (TPSA) is 32.3 Å². The number of benzene rings is 3. The molecule has 2 amide bonds. The first kappa shape index (κ1) is 29.2. The quantitative estimate of drug-likeness (QED) is 0.253. The van der Waals surface area contributed by atoms with Gasteiger partial charge >= 0.3 is 6.03 Å². The van der Waals surface area contributed by atoms with Gasteiger partial charge in [-0.25, -0.2) is 4.79 Å². The third-order valence-corrected chi connectivity index (χ3v) is 8.70. The highest BCUT2D eigenvalue weighted by molar-refractivity contribution is 6.31. The number of aryl methyl sites for hydroxylation is 1. The largest absolute Gasteiger partial charge is 0.322 e. The van der Waals surface area contributed by atoms with E-state index in [9.17, 15) is 4.79 Å². The number of para-hydroxylation sites is 1. The lowest BCUT2D eigenvalue weighted by atomic mass is 9.81. The standard InChI is InChI=1S/C35H45ClN2O/c1-25(2)31-17-12-18-32(26(3)4)34(31)37-35(39)38(24-11-10-16-29-15-8-9-19-33(29)36)30-22-20-28(21-23-30)27-13-6-5-7-14-27/h5-9,12-15,17-19,25-26,28,30H,10-11,16,20-24H2,1-4H3,(H,37,39)/t28-,30-. The Labute approximate surface area is 241 Å². The maximum Gasteiger partial charge on any atom is 0.322 e. The summed E-state index contributed by atoms with van der Waals surface area (Å²) >= 11 is 6.40. The van der Waals surface area contributed by atoms with Crippen molar-refractivity contribution in [2.45, 2.75) is 96.4 Å². The van der Waals surface area contributed by atoms with Crippen molar-refractivity contribution < 1.29 is 4.79 Å². The van der Waals surface area contributed by atoms with Gasteiger partial charge in [0.05, 0.1) is 0 Å². The van der Waals surface area contributed by atoms with Crippen molar-refractivity contribution in [1.82, 2.24) is 4.90 Å². The first-order valence-corrected chi connectivity index (χ1v) is 15.2. The Balaban J connectivity index is 1.49. The molecule has 0 saturated heterocycles. The predicted molar refractivity (Wildman–Crippen MR) is 166 cm³/mol. The van der Waals surface area contributed by atoms with Gasteiger partial charge in [-0.3, -0.25) is 0 Å². The maximum atomic E-state index is 14.0. The summed E-state index contributed by atoms with van der Waals surface area (Å²) < 4.78 is 0. The molecule has 1 aliphatic rings. The number of hydrogen-bond donors (Lipinski definition) is 1. The average Bonchev–Trinajstić information content (AvgIpc) is 2.94. The highest BCUT2D eigenvalue weighted by Crippen LogP contribution is 2.36. The van der Waals surface area contributed by atoms with E-state index in [1.54, 1.807) is 0 Å². The molecule has 0 heterocycles. The van der Waals surface area contributed by atoms with E-state index in [2.05, 4.69) is 92.5 Å². The fraction of sp³-hybridized carbons (Fsp3) is 0.457. The molecule has 0 aliphatic heterocycles. The van der Waals surface area contributed by atoms with Crippen LogP contribution in [0.2, 0.25) is 5.02 Å². The van der Waals surface area contributed by atoms with E-state index in [-0.39, 0.29) is 12.1 Å². The molecule has 0 bridgehead atoms. The summed E-state index contributed by atoms with van der Waals surface area (Å²) in [6.07, 6.45) is 7.23. The molecule has 1 aliphatic carbocycles. The Hall–Kier alpha value is -2.78. The van der Waals surface area contributed by atoms with Crippen LogP contribution in [0.3, 0.4) is 0 Å². The zero-order chi connectivity index (χ0) is 27.8. The van der Waals surface area contributed by atoms with Gasteiger partial charge in [0.2, 0.25) is 0 Å². The van der Waals surface area contributed by atoms with Crippen molar-refractivity contribution in [3.05, 3.63) is 100 Å². The van der Waals surface area contributed by atoms with Gasteiger partial charge in [0.15, 0.2) is 0 Å². The number of halogens is 1. The van der Waals surface area contributed by atoms with E-state index in [1.807, 2.05) is 18.2 Å². The maximum absolute atomic E-state index is 14.0. The second kappa shape index (κ2) is 14.0. The number of unbranched alkanes of at least 4 members (excludes halogenated alkanes) is 1. The van der Waals surface area contributed by atoms with Crippen molar-refractivity contribution in [2.24, 2.45) is 0 Å². The van der Waals surface area contributed by atoms with Crippen LogP contribution >= 0.6 is 11.6 Å². The molecular formula is C35H45ClN2O. The van der Waals surface area contributed by atoms with Gasteiger partial charge in [-0.2, -0.15) is 0 Å². The van der Waals surface area contributed by atoms with Crippen molar-refractivity contribution in [2.75, 3.05) is 11.9 Å². The summed E-state index contributed by atoms with van der Waals surface area (Å²) in [4.78, 5) is 16.2. The lowest BCUT2D eigenvalue weighted by molar-refractivity contribution is 0.161. The molecule has 4 heteroatoms. The van der Waals surface area contributed by atoms with Crippen LogP contribution in [0.15, 0.2) is 72.8 Å². The molecule has 0 aromatic heterocycles. The third kappa shape index (κ3) is 7.66. The molecule has 1 fully saturated rings. The number of hydrogen-bond acceptors (Lipinski definition) is 1. The second-order valence-electron chi connectivity index (χ2n) is 11.7. The van der Waals surface area contributed by atoms with Gasteiger partial charge in [-0.1, -0.05) is 106 Å². The van der Waals surface area contributed by atoms with Crippen molar-refractivity contribution in [1.29, 1.82) is 0 Å². The smallest absolute Gasteiger partial charge is 0.322 e. The van der Waals surface area contributed by atoms with Crippen LogP contribution in [-0.2, 0) is 6.42 Å². The third-order valence-electron chi connectivity index (χ3n) is 8.33. The van der Waals surface area contributed by atoms with Gasteiger partial charge in [0, 0.05) is 23.3 Å². The number of rotatable bonds is 10. The SMILES string of the molecule is CC(C)c1cccc(C(C)C)c1NC(=O)N(CCCCc1ccccc1Cl)[C@H]1CC[C@H](c2ccccc2)CC1. The van der Waals surface area contributed by atoms with Crippen LogP contribution in [0.4, 0.5) is 10.5 Å². The Morgan fingerprint density at radius 3 is 2.05 bits per heavy atom. The number of anilines is 1. The molecule has 0 spiro atoms. The van der Waals surface area contributed by atoms with Gasteiger partial charge in [0.1, 0.15) is 0 Å². The van der Waals surface area contributed by atoms with E-state index in [0.29, 0.717) is 17.8 Å². The molecule has 3 aromatic rings. The number of carbonyl (C=O) groups is 1. The minimum absolute atomic E-state index is 0.0471. The van der Waals surface area contributed by atoms with Gasteiger partial charge in [-0.15, -0.1) is 0 Å². The number of nitrogens with zero attached hydrogens (tertiary/aromatic N) is 1. The van der Waals surface area contributed by atoms with E-state index in [0.717, 1.165) is 62.2 Å². The van der Waals surface area contributed by atoms with Crippen LogP contribution in [-0.4, -0.2) is 23.5 Å². The Morgan fingerprint density at radius 2 is 1.44 bits per heavy atom. The lowest BCUT2D eigenvalue weighted by Gasteiger charge is -2.37. The molecule has 4 rings (SSSR count). The summed E-state index contributed by atoms with van der Waals surface area (Å²) in [7, 11) is 0. The van der Waals surface area contributed by atoms with Crippen molar-refractivity contribution in [3.8, 4) is 0 Å². The molecule has 3 nitrogen and oxygen atoms in total. The normalized spacial score (nSPS) is 17.4. The second-order valence-corrected chi connectivity index (χ2v) is 12.1. The number of nitrogens with one attached hydrogen (secondary N) is 1. The van der Waals surface area contributed by atoms with E-state index >= 15 is 0 Å². The summed E-state index contributed by atoms with van der Waals surface area (Å²) in [5.74, 6) is 1.26. The van der Waals surface area contributed by atoms with Gasteiger partial charge < -0.3 is 10.2 Å². The first-order chi connectivity index (χ1) is 18.8. The summed E-state index contributed by atoms with van der Waals surface area (Å²) in [5, 5.41) is 4.25. The van der Waals surface area contributed by atoms with E-state index in [1.165, 1.54) is 22.3 Å². The molecule has 208 valence electrons. The molecule has 0 radical (unpaired) electrons. The monoisotopic (exact) mass is 544 g/mol. The average molecular weight is 545 g/mol. The lowest BCUT2D eigenvalue weighted by Crippen LogP contribution is -2.45. The number of amides is 2. The van der Waals surface area contributed by atoms with Gasteiger partial charge in [0.25, 0.3) is 0 Å². The highest BCUT2D eigenvalue weighted by Gasteiger charge is 2.30. The zero-order valence-electron chi connectivity index (χ0n) is 24.1. The van der Waals surface area contributed by atoms with Crippen LogP contribution in [0.1, 0.15) is 106 Å². The van der Waals surface area contributed by atoms with Crippen molar-refractivity contribution in [3.63, 3.8) is 0 Å². The molecule has 39 heavy (non-hydrogen) atoms. The molecule has 0 unspecified atom stereocenters. The molecule has 1 saturated carbocycles. The Morgan fingerprint density at radius 1 is 0.821 bits per heavy atom. The number of carbonyl (C=O) groups excluding carboxylic acids is 1. The molecule has 1 N–H and O–H groups in total.